The van der Waals surface area contributed by atoms with Gasteiger partial charge in [0.05, 0.1) is 27.3 Å². The molecule has 0 unspecified atom stereocenters. The van der Waals surface area contributed by atoms with Crippen LogP contribution >= 0.6 is 0 Å². The smallest absolute Gasteiger partial charge is 0.297 e. The Balaban J connectivity index is 1.10. The molecule has 0 bridgehead atoms. The Labute approximate surface area is 526 Å². The number of benzene rings is 10. The second-order valence-corrected chi connectivity index (χ2v) is 30.5. The van der Waals surface area contributed by atoms with Gasteiger partial charge in [0, 0.05) is 26.9 Å². The number of nitrogen functional groups attached to an aromatic ring is 1. The van der Waals surface area contributed by atoms with Gasteiger partial charge in [-0.1, -0.05) is 36.4 Å². The van der Waals surface area contributed by atoms with E-state index in [1.807, 2.05) is 0 Å². The molecule has 44 heteroatoms. The fourth-order valence-corrected chi connectivity index (χ4v) is 15.1. The number of fused-ring (bicyclic) bond motifs is 5. The SMILES string of the molecule is Nc1c(N=Nc2ccc3c(O)c(N=Nc4cc(S(=O)(=O)O)c5ccccc5c4)c(S(=O)(=O)O)cc3c2S(=O)(=O)O)c(S(=O)(=O)O)cc2cc(S(=O)(=O)O)c(N=Nc3ccc4c(O)c(N=Nc5ccc6cc(S(=O)(=O)O)ccc6c5)c(S(=O)(=O)O)cc4c3S(=O)(=O)O)c(O)c12. The molecule has 10 aromatic rings. The summed E-state index contributed by atoms with van der Waals surface area (Å²) < 4.78 is 286. The van der Waals surface area contributed by atoms with Crippen LogP contribution < -0.4 is 5.73 Å². The number of nitrogens with zero attached hydrogens (tertiary/aromatic N) is 8. The van der Waals surface area contributed by atoms with Crippen LogP contribution in [0, 0.1) is 0 Å². The number of aromatic hydroxyl groups is 3. The van der Waals surface area contributed by atoms with E-state index in [4.69, 9.17) is 5.73 Å². The molecular formula is C50H33N9O27S8. The lowest BCUT2D eigenvalue weighted by Gasteiger charge is -2.15. The molecule has 10 aromatic carbocycles. The van der Waals surface area contributed by atoms with E-state index in [0.29, 0.717) is 41.8 Å². The topological polar surface area (TPSA) is 621 Å². The van der Waals surface area contributed by atoms with Gasteiger partial charge in [-0.3, -0.25) is 36.4 Å². The van der Waals surface area contributed by atoms with Gasteiger partial charge in [-0.2, -0.15) is 77.6 Å². The van der Waals surface area contributed by atoms with Gasteiger partial charge in [-0.05, 0) is 106 Å². The Hall–Kier alpha value is -9.62. The minimum Gasteiger partial charge on any atom is -0.505 e. The Morgan fingerprint density at radius 2 is 0.691 bits per heavy atom. The number of anilines is 1. The monoisotopic (exact) mass is 1450 g/mol. The zero-order valence-electron chi connectivity index (χ0n) is 45.4. The first-order chi connectivity index (χ1) is 43.3. The van der Waals surface area contributed by atoms with Crippen molar-refractivity contribution in [2.24, 2.45) is 40.9 Å². The average molecular weight is 1450 g/mol. The summed E-state index contributed by atoms with van der Waals surface area (Å²) in [6.45, 7) is 0. The third-order valence-corrected chi connectivity index (χ3v) is 20.6. The summed E-state index contributed by atoms with van der Waals surface area (Å²) in [5.41, 5.74) is -2.57. The predicted octanol–water partition coefficient (Wildman–Crippen LogP) is 9.79. The number of nitrogens with two attached hydrogens (primary N) is 1. The molecule has 0 amide bonds. The molecule has 0 aromatic heterocycles. The lowest BCUT2D eigenvalue weighted by atomic mass is 10.0. The van der Waals surface area contributed by atoms with Crippen LogP contribution in [-0.2, 0) is 80.9 Å². The van der Waals surface area contributed by atoms with Crippen molar-refractivity contribution in [3.63, 3.8) is 0 Å². The molecule has 0 atom stereocenters. The Kier molecular flexibility index (Phi) is 16.6. The summed E-state index contributed by atoms with van der Waals surface area (Å²) >= 11 is 0. The highest BCUT2D eigenvalue weighted by molar-refractivity contribution is 7.88. The van der Waals surface area contributed by atoms with E-state index in [-0.39, 0.29) is 21.8 Å². The van der Waals surface area contributed by atoms with Gasteiger partial charge in [-0.25, -0.2) is 0 Å². The lowest BCUT2D eigenvalue weighted by molar-refractivity contribution is 0.471. The zero-order chi connectivity index (χ0) is 69.1. The van der Waals surface area contributed by atoms with E-state index < -0.39 is 215 Å². The summed E-state index contributed by atoms with van der Waals surface area (Å²) in [6, 6.07) is 18.9. The fraction of sp³-hybridized carbons (Fsp3) is 0. The van der Waals surface area contributed by atoms with Crippen LogP contribution in [0.5, 0.6) is 17.2 Å². The largest absolute Gasteiger partial charge is 0.505 e. The van der Waals surface area contributed by atoms with Crippen molar-refractivity contribution in [2.45, 2.75) is 39.2 Å². The summed E-state index contributed by atoms with van der Waals surface area (Å²) in [5.74, 6) is -4.11. The second-order valence-electron chi connectivity index (χ2n) is 19.4. The highest BCUT2D eigenvalue weighted by Gasteiger charge is 2.33. The molecule has 10 rings (SSSR count). The molecule has 0 saturated heterocycles. The normalized spacial score (nSPS) is 13.6. The van der Waals surface area contributed by atoms with Gasteiger partial charge in [0.25, 0.3) is 80.9 Å². The number of rotatable bonds is 16. The van der Waals surface area contributed by atoms with Gasteiger partial charge in [-0.15, -0.1) is 30.7 Å². The molecule has 0 aliphatic rings. The third kappa shape index (κ3) is 12.9. The first kappa shape index (κ1) is 67.3. The molecular weight excluding hydrogens is 1420 g/mol. The molecule has 36 nitrogen and oxygen atoms in total. The maximum atomic E-state index is 13.2. The van der Waals surface area contributed by atoms with E-state index in [1.54, 1.807) is 0 Å². The molecule has 94 heavy (non-hydrogen) atoms. The number of hydrogen-bond donors (Lipinski definition) is 12. The Morgan fingerprint density at radius 3 is 1.17 bits per heavy atom. The van der Waals surface area contributed by atoms with Gasteiger partial charge in [0.2, 0.25) is 0 Å². The van der Waals surface area contributed by atoms with Crippen molar-refractivity contribution < 1.29 is 119 Å². The van der Waals surface area contributed by atoms with Crippen LogP contribution in [0.4, 0.5) is 51.2 Å². The molecule has 0 fully saturated rings. The van der Waals surface area contributed by atoms with E-state index in [9.17, 15) is 119 Å². The van der Waals surface area contributed by atoms with Crippen LogP contribution in [0.25, 0.3) is 53.9 Å². The van der Waals surface area contributed by atoms with Crippen LogP contribution in [0.1, 0.15) is 0 Å². The third-order valence-electron chi connectivity index (χ3n) is 13.5. The average Bonchev–Trinajstić information content (AvgIpc) is 0.750. The highest BCUT2D eigenvalue weighted by atomic mass is 32.2. The van der Waals surface area contributed by atoms with Gasteiger partial charge in [0.1, 0.15) is 68.4 Å². The van der Waals surface area contributed by atoms with Crippen LogP contribution in [0.15, 0.2) is 201 Å². The number of azo groups is 4. The first-order valence-electron chi connectivity index (χ1n) is 24.6. The first-order valence-corrected chi connectivity index (χ1v) is 36.2. The molecule has 0 aliphatic carbocycles. The van der Waals surface area contributed by atoms with Crippen molar-refractivity contribution in [2.75, 3.05) is 5.73 Å². The lowest BCUT2D eigenvalue weighted by Crippen LogP contribution is -2.04. The van der Waals surface area contributed by atoms with Crippen LogP contribution in [0.3, 0.4) is 0 Å². The molecule has 13 N–H and O–H groups in total. The maximum absolute atomic E-state index is 13.2. The van der Waals surface area contributed by atoms with E-state index >= 15 is 0 Å². The summed E-state index contributed by atoms with van der Waals surface area (Å²) in [5, 5.41) is 59.3. The summed E-state index contributed by atoms with van der Waals surface area (Å²) in [4.78, 5) is -9.94. The van der Waals surface area contributed by atoms with E-state index in [0.717, 1.165) is 30.3 Å². The van der Waals surface area contributed by atoms with Crippen molar-refractivity contribution >= 4 is 186 Å². The standard InChI is InChI=1S/C50H33N9O27S8/c51-41-40-24(16-36(89(69,70)71)42(41)56-54-33-11-9-30-31(49(33)93(81,82)83)20-39(92(78,79)80)44(47(30)61)58-53-26-14-23-3-1-2-4-28(23)35(18-26)88(66,67)68)17-37(90(72,73)74)45(48(40)62)59-55-34-12-10-29-32(50(34)94(84,85)86)19-38(91(75,76)77)43(46(29)60)57-52-25-7-5-22-15-27(87(63,64)65)8-6-21(22)13-25/h1-20,60-62H,51H2,(H,63,64,65)(H,66,67,68)(H,69,70,71)(H,72,73,74)(H,75,76,77)(H,78,79,80)(H,81,82,83)(H,84,85,86). The van der Waals surface area contributed by atoms with Crippen molar-refractivity contribution in [3.05, 3.63) is 121 Å². The van der Waals surface area contributed by atoms with Crippen molar-refractivity contribution in [1.82, 2.24) is 0 Å². The van der Waals surface area contributed by atoms with Gasteiger partial charge >= 0.3 is 0 Å². The second kappa shape index (κ2) is 23.1. The van der Waals surface area contributed by atoms with E-state index in [2.05, 4.69) is 40.9 Å². The van der Waals surface area contributed by atoms with Crippen molar-refractivity contribution in [3.8, 4) is 17.2 Å². The van der Waals surface area contributed by atoms with E-state index in [1.165, 1.54) is 54.6 Å². The molecule has 0 saturated carbocycles. The zero-order valence-corrected chi connectivity index (χ0v) is 52.0. The molecule has 0 spiro atoms. The summed E-state index contributed by atoms with van der Waals surface area (Å²) in [7, 11) is -43.9. The number of hydrogen-bond acceptors (Lipinski definition) is 28. The minimum atomic E-state index is -5.80. The molecule has 0 aliphatic heterocycles. The number of phenols is 3. The Morgan fingerprint density at radius 1 is 0.287 bits per heavy atom. The quantitative estimate of drug-likeness (QED) is 0.0243. The van der Waals surface area contributed by atoms with Gasteiger partial charge < -0.3 is 21.1 Å². The van der Waals surface area contributed by atoms with Crippen molar-refractivity contribution in [1.29, 1.82) is 0 Å². The molecule has 0 radical (unpaired) electrons. The maximum Gasteiger partial charge on any atom is 0.297 e. The van der Waals surface area contributed by atoms with Gasteiger partial charge in [0.15, 0.2) is 17.2 Å². The Bertz CT molecular complexity index is 6210. The molecule has 0 heterocycles. The predicted molar refractivity (Wildman–Crippen MR) is 324 cm³/mol. The fourth-order valence-electron chi connectivity index (χ4n) is 9.54. The minimum absolute atomic E-state index is 0.00157. The summed E-state index contributed by atoms with van der Waals surface area (Å²) in [6.07, 6.45) is 0. The number of phenolic OH excluding ortho intramolecular Hbond substituents is 3. The molecule has 488 valence electrons. The van der Waals surface area contributed by atoms with Crippen LogP contribution in [0.2, 0.25) is 0 Å². The highest BCUT2D eigenvalue weighted by Crippen LogP contribution is 2.51. The van der Waals surface area contributed by atoms with Crippen LogP contribution in [-0.4, -0.2) is 119 Å².